The standard InChI is InChI=1S/C22H26FN3O5S2/c1-16-4-2-11-26(15-16)32(28,29)19-8-6-18(7-9-19)24-22(27)17-5-10-20(23)21(14-17)33(30,31)25-12-3-13-25/h5-10,14,16H,2-4,11-13,15H2,1H3,(H,24,27)/t16-/m0/s1. The predicted octanol–water partition coefficient (Wildman–Crippen LogP) is 2.89. The number of sulfonamides is 2. The fraction of sp³-hybridized carbons (Fsp3) is 0.409. The number of anilines is 1. The molecule has 0 spiro atoms. The van der Waals surface area contributed by atoms with Crippen molar-refractivity contribution in [1.29, 1.82) is 0 Å². The van der Waals surface area contributed by atoms with Gasteiger partial charge in [0.25, 0.3) is 5.91 Å². The SMILES string of the molecule is C[C@H]1CCCN(S(=O)(=O)c2ccc(NC(=O)c3ccc(F)c(S(=O)(=O)N4CCC4)c3)cc2)C1. The van der Waals surface area contributed by atoms with Gasteiger partial charge in [0, 0.05) is 37.4 Å². The highest BCUT2D eigenvalue weighted by atomic mass is 32.2. The summed E-state index contributed by atoms with van der Waals surface area (Å²) in [6, 6.07) is 8.98. The molecule has 0 bridgehead atoms. The van der Waals surface area contributed by atoms with Gasteiger partial charge in [-0.2, -0.15) is 8.61 Å². The van der Waals surface area contributed by atoms with Gasteiger partial charge in [0.2, 0.25) is 20.0 Å². The first-order chi connectivity index (χ1) is 15.6. The lowest BCUT2D eigenvalue weighted by atomic mass is 10.0. The Bertz CT molecular complexity index is 1260. The molecule has 2 aromatic carbocycles. The average molecular weight is 496 g/mol. The van der Waals surface area contributed by atoms with E-state index in [0.717, 1.165) is 29.3 Å². The van der Waals surface area contributed by atoms with Crippen LogP contribution in [0.2, 0.25) is 0 Å². The van der Waals surface area contributed by atoms with Crippen molar-refractivity contribution in [2.45, 2.75) is 36.0 Å². The van der Waals surface area contributed by atoms with Crippen LogP contribution in [0.4, 0.5) is 10.1 Å². The summed E-state index contributed by atoms with van der Waals surface area (Å²) < 4.78 is 67.7. The smallest absolute Gasteiger partial charge is 0.255 e. The Morgan fingerprint density at radius 2 is 1.61 bits per heavy atom. The number of halogens is 1. The number of carbonyl (C=O) groups is 1. The summed E-state index contributed by atoms with van der Waals surface area (Å²) >= 11 is 0. The van der Waals surface area contributed by atoms with Crippen LogP contribution in [-0.2, 0) is 20.0 Å². The van der Waals surface area contributed by atoms with Gasteiger partial charge in [0.05, 0.1) is 4.90 Å². The van der Waals surface area contributed by atoms with Crippen molar-refractivity contribution in [1.82, 2.24) is 8.61 Å². The molecule has 2 aromatic rings. The Kier molecular flexibility index (Phi) is 6.59. The summed E-state index contributed by atoms with van der Waals surface area (Å²) in [5.41, 5.74) is 0.317. The van der Waals surface area contributed by atoms with Crippen molar-refractivity contribution < 1.29 is 26.0 Å². The van der Waals surface area contributed by atoms with Gasteiger partial charge >= 0.3 is 0 Å². The molecule has 2 saturated heterocycles. The third kappa shape index (κ3) is 4.81. The number of amides is 1. The van der Waals surface area contributed by atoms with Crippen molar-refractivity contribution in [3.05, 3.63) is 53.8 Å². The van der Waals surface area contributed by atoms with Gasteiger partial charge in [-0.3, -0.25) is 4.79 Å². The lowest BCUT2D eigenvalue weighted by Crippen LogP contribution is -2.42. The van der Waals surface area contributed by atoms with Gasteiger partial charge in [-0.25, -0.2) is 21.2 Å². The van der Waals surface area contributed by atoms with E-state index in [1.165, 1.54) is 34.6 Å². The molecule has 2 aliphatic rings. The third-order valence-corrected chi connectivity index (χ3v) is 9.79. The molecule has 1 amide bonds. The fourth-order valence-corrected chi connectivity index (χ4v) is 7.14. The molecule has 33 heavy (non-hydrogen) atoms. The molecular formula is C22H26FN3O5S2. The van der Waals surface area contributed by atoms with Crippen LogP contribution in [-0.4, -0.2) is 57.5 Å². The summed E-state index contributed by atoms with van der Waals surface area (Å²) in [6.45, 7) is 3.63. The first kappa shape index (κ1) is 23.8. The number of hydrogen-bond donors (Lipinski definition) is 1. The van der Waals surface area contributed by atoms with Gasteiger partial charge < -0.3 is 5.32 Å². The molecule has 4 rings (SSSR count). The minimum atomic E-state index is -3.99. The summed E-state index contributed by atoms with van der Waals surface area (Å²) in [4.78, 5) is 12.3. The number of hydrogen-bond acceptors (Lipinski definition) is 5. The highest BCUT2D eigenvalue weighted by molar-refractivity contribution is 7.89. The molecule has 8 nitrogen and oxygen atoms in total. The van der Waals surface area contributed by atoms with Crippen molar-refractivity contribution in [3.8, 4) is 0 Å². The van der Waals surface area contributed by atoms with E-state index in [1.807, 2.05) is 6.92 Å². The normalized spacial score (nSPS) is 20.2. The molecule has 0 saturated carbocycles. The van der Waals surface area contributed by atoms with E-state index < -0.39 is 36.7 Å². The number of rotatable bonds is 6. The largest absolute Gasteiger partial charge is 0.322 e. The zero-order valence-corrected chi connectivity index (χ0v) is 19.8. The third-order valence-electron chi connectivity index (χ3n) is 6.00. The first-order valence-electron chi connectivity index (χ1n) is 10.8. The fourth-order valence-electron chi connectivity index (χ4n) is 3.94. The quantitative estimate of drug-likeness (QED) is 0.664. The van der Waals surface area contributed by atoms with Crippen molar-refractivity contribution in [2.75, 3.05) is 31.5 Å². The van der Waals surface area contributed by atoms with Gasteiger partial charge in [-0.05, 0) is 67.6 Å². The number of benzene rings is 2. The minimum absolute atomic E-state index is 0.0190. The summed E-state index contributed by atoms with van der Waals surface area (Å²) in [7, 11) is -7.61. The molecule has 1 atom stereocenters. The number of carbonyl (C=O) groups excluding carboxylic acids is 1. The minimum Gasteiger partial charge on any atom is -0.322 e. The zero-order chi connectivity index (χ0) is 23.8. The van der Waals surface area contributed by atoms with Crippen LogP contribution in [0.1, 0.15) is 36.5 Å². The van der Waals surface area contributed by atoms with E-state index in [0.29, 0.717) is 44.2 Å². The summed E-state index contributed by atoms with van der Waals surface area (Å²) in [6.07, 6.45) is 2.53. The van der Waals surface area contributed by atoms with E-state index in [1.54, 1.807) is 0 Å². The monoisotopic (exact) mass is 495 g/mol. The van der Waals surface area contributed by atoms with E-state index in [2.05, 4.69) is 5.32 Å². The second-order valence-electron chi connectivity index (χ2n) is 8.49. The van der Waals surface area contributed by atoms with Crippen molar-refractivity contribution in [3.63, 3.8) is 0 Å². The molecule has 2 heterocycles. The summed E-state index contributed by atoms with van der Waals surface area (Å²) in [5, 5.41) is 2.60. The molecular weight excluding hydrogens is 469 g/mol. The maximum absolute atomic E-state index is 14.2. The maximum atomic E-state index is 14.2. The topological polar surface area (TPSA) is 104 Å². The van der Waals surface area contributed by atoms with Gasteiger partial charge in [0.15, 0.2) is 0 Å². The first-order valence-corrected chi connectivity index (χ1v) is 13.7. The van der Waals surface area contributed by atoms with E-state index in [9.17, 15) is 26.0 Å². The Morgan fingerprint density at radius 3 is 2.21 bits per heavy atom. The van der Waals surface area contributed by atoms with Crippen LogP contribution < -0.4 is 5.32 Å². The van der Waals surface area contributed by atoms with Gasteiger partial charge in [-0.15, -0.1) is 0 Å². The Morgan fingerprint density at radius 1 is 0.939 bits per heavy atom. The Hall–Kier alpha value is -2.34. The van der Waals surface area contributed by atoms with E-state index in [-0.39, 0.29) is 10.5 Å². The van der Waals surface area contributed by atoms with E-state index in [4.69, 9.17) is 0 Å². The predicted molar refractivity (Wildman–Crippen MR) is 121 cm³/mol. The highest BCUT2D eigenvalue weighted by Gasteiger charge is 2.32. The number of piperidine rings is 1. The Labute approximate surface area is 193 Å². The molecule has 0 unspecified atom stereocenters. The van der Waals surface area contributed by atoms with Crippen LogP contribution in [0.5, 0.6) is 0 Å². The van der Waals surface area contributed by atoms with Crippen LogP contribution in [0, 0.1) is 11.7 Å². The lowest BCUT2D eigenvalue weighted by Gasteiger charge is -2.30. The average Bonchev–Trinajstić information content (AvgIpc) is 2.72. The van der Waals surface area contributed by atoms with Gasteiger partial charge in [0.1, 0.15) is 10.7 Å². The van der Waals surface area contributed by atoms with Crippen LogP contribution in [0.15, 0.2) is 52.3 Å². The van der Waals surface area contributed by atoms with Crippen LogP contribution >= 0.6 is 0 Å². The number of nitrogens with zero attached hydrogens (tertiary/aromatic N) is 2. The molecule has 0 radical (unpaired) electrons. The summed E-state index contributed by atoms with van der Waals surface area (Å²) in [5.74, 6) is -1.24. The second-order valence-corrected chi connectivity index (χ2v) is 12.3. The molecule has 178 valence electrons. The maximum Gasteiger partial charge on any atom is 0.255 e. The van der Waals surface area contributed by atoms with Crippen molar-refractivity contribution >= 4 is 31.6 Å². The molecule has 2 fully saturated rings. The van der Waals surface area contributed by atoms with Crippen molar-refractivity contribution in [2.24, 2.45) is 5.92 Å². The van der Waals surface area contributed by atoms with Crippen LogP contribution in [0.25, 0.3) is 0 Å². The molecule has 11 heteroatoms. The highest BCUT2D eigenvalue weighted by Crippen LogP contribution is 2.26. The zero-order valence-electron chi connectivity index (χ0n) is 18.2. The second kappa shape index (κ2) is 9.13. The lowest BCUT2D eigenvalue weighted by molar-refractivity contribution is 0.102. The van der Waals surface area contributed by atoms with Gasteiger partial charge in [-0.1, -0.05) is 6.92 Å². The molecule has 0 aromatic heterocycles. The van der Waals surface area contributed by atoms with Crippen LogP contribution in [0.3, 0.4) is 0 Å². The number of nitrogens with one attached hydrogen (secondary N) is 1. The molecule has 2 aliphatic heterocycles. The van der Waals surface area contributed by atoms with E-state index >= 15 is 0 Å². The molecule has 1 N–H and O–H groups in total. The Balaban J connectivity index is 1.50. The molecule has 0 aliphatic carbocycles.